The molecule has 2 aliphatic heterocycles. The van der Waals surface area contributed by atoms with E-state index in [2.05, 4.69) is 28.9 Å². The van der Waals surface area contributed by atoms with E-state index in [1.54, 1.807) is 0 Å². The zero-order chi connectivity index (χ0) is 16.9. The zero-order valence-corrected chi connectivity index (χ0v) is 14.7. The summed E-state index contributed by atoms with van der Waals surface area (Å²) in [4.78, 5) is 21.5. The quantitative estimate of drug-likeness (QED) is 0.814. The smallest absolute Gasteiger partial charge is 0.243 e. The SMILES string of the molecule is CCCc1noc([C@H](C)N2CCC[C@H](C(=O)N3CCOCC3)C2)n1. The Morgan fingerprint density at radius 2 is 2.12 bits per heavy atom. The van der Waals surface area contributed by atoms with Crippen molar-refractivity contribution in [3.63, 3.8) is 0 Å². The van der Waals surface area contributed by atoms with Crippen molar-refractivity contribution in [2.75, 3.05) is 39.4 Å². The summed E-state index contributed by atoms with van der Waals surface area (Å²) in [6.45, 7) is 8.67. The minimum absolute atomic E-state index is 0.0587. The average molecular weight is 336 g/mol. The van der Waals surface area contributed by atoms with Crippen LogP contribution in [0.15, 0.2) is 4.52 Å². The van der Waals surface area contributed by atoms with E-state index in [0.29, 0.717) is 19.1 Å². The van der Waals surface area contributed by atoms with Gasteiger partial charge in [-0.15, -0.1) is 0 Å². The Labute approximate surface area is 143 Å². The average Bonchev–Trinajstić information content (AvgIpc) is 3.10. The van der Waals surface area contributed by atoms with E-state index in [0.717, 1.165) is 57.7 Å². The van der Waals surface area contributed by atoms with Crippen LogP contribution in [-0.2, 0) is 16.0 Å². The van der Waals surface area contributed by atoms with E-state index in [1.807, 2.05) is 4.90 Å². The summed E-state index contributed by atoms with van der Waals surface area (Å²) >= 11 is 0. The summed E-state index contributed by atoms with van der Waals surface area (Å²) in [6.07, 6.45) is 3.84. The lowest BCUT2D eigenvalue weighted by molar-refractivity contribution is -0.141. The highest BCUT2D eigenvalue weighted by atomic mass is 16.5. The van der Waals surface area contributed by atoms with Gasteiger partial charge in [0.25, 0.3) is 0 Å². The molecule has 7 nitrogen and oxygen atoms in total. The van der Waals surface area contributed by atoms with Crippen LogP contribution in [0.3, 0.4) is 0 Å². The molecule has 0 unspecified atom stereocenters. The van der Waals surface area contributed by atoms with Crippen molar-refractivity contribution in [3.8, 4) is 0 Å². The number of ether oxygens (including phenoxy) is 1. The predicted molar refractivity (Wildman–Crippen MR) is 88.4 cm³/mol. The molecule has 2 atom stereocenters. The van der Waals surface area contributed by atoms with Gasteiger partial charge in [0.2, 0.25) is 11.8 Å². The Balaban J connectivity index is 1.60. The second-order valence-corrected chi connectivity index (χ2v) is 6.75. The number of hydrogen-bond donors (Lipinski definition) is 0. The van der Waals surface area contributed by atoms with E-state index in [-0.39, 0.29) is 17.9 Å². The van der Waals surface area contributed by atoms with Gasteiger partial charge < -0.3 is 14.2 Å². The third-order valence-corrected chi connectivity index (χ3v) is 4.99. The van der Waals surface area contributed by atoms with E-state index in [1.165, 1.54) is 0 Å². The van der Waals surface area contributed by atoms with Crippen LogP contribution in [0, 0.1) is 5.92 Å². The van der Waals surface area contributed by atoms with Crippen LogP contribution in [0.5, 0.6) is 0 Å². The number of piperidine rings is 1. The molecule has 0 aliphatic carbocycles. The van der Waals surface area contributed by atoms with Gasteiger partial charge in [-0.2, -0.15) is 4.98 Å². The number of carbonyl (C=O) groups excluding carboxylic acids is 1. The van der Waals surface area contributed by atoms with Crippen molar-refractivity contribution in [2.24, 2.45) is 5.92 Å². The minimum Gasteiger partial charge on any atom is -0.378 e. The molecule has 3 rings (SSSR count). The molecule has 0 bridgehead atoms. The van der Waals surface area contributed by atoms with Gasteiger partial charge >= 0.3 is 0 Å². The number of aryl methyl sites for hydroxylation is 1. The summed E-state index contributed by atoms with van der Waals surface area (Å²) in [5.74, 6) is 1.78. The predicted octanol–water partition coefficient (Wildman–Crippen LogP) is 1.65. The summed E-state index contributed by atoms with van der Waals surface area (Å²) in [5, 5.41) is 4.05. The largest absolute Gasteiger partial charge is 0.378 e. The summed E-state index contributed by atoms with van der Waals surface area (Å²) < 4.78 is 10.8. The maximum atomic E-state index is 12.7. The Morgan fingerprint density at radius 3 is 2.88 bits per heavy atom. The van der Waals surface area contributed by atoms with Gasteiger partial charge in [-0.05, 0) is 32.7 Å². The number of nitrogens with zero attached hydrogens (tertiary/aromatic N) is 4. The van der Waals surface area contributed by atoms with Crippen LogP contribution in [-0.4, -0.2) is 65.2 Å². The third-order valence-electron chi connectivity index (χ3n) is 4.99. The first-order valence-corrected chi connectivity index (χ1v) is 9.12. The van der Waals surface area contributed by atoms with Gasteiger partial charge in [0.15, 0.2) is 5.82 Å². The normalized spacial score (nSPS) is 24.1. The number of carbonyl (C=O) groups is 1. The molecule has 1 amide bonds. The van der Waals surface area contributed by atoms with Crippen LogP contribution >= 0.6 is 0 Å². The third kappa shape index (κ3) is 3.95. The highest BCUT2D eigenvalue weighted by Crippen LogP contribution is 2.27. The molecule has 1 aromatic heterocycles. The van der Waals surface area contributed by atoms with E-state index < -0.39 is 0 Å². The lowest BCUT2D eigenvalue weighted by Crippen LogP contribution is -2.48. The second-order valence-electron chi connectivity index (χ2n) is 6.75. The maximum absolute atomic E-state index is 12.7. The molecular weight excluding hydrogens is 308 g/mol. The highest BCUT2D eigenvalue weighted by Gasteiger charge is 2.33. The number of rotatable bonds is 5. The second kappa shape index (κ2) is 8.07. The highest BCUT2D eigenvalue weighted by molar-refractivity contribution is 5.79. The molecule has 0 saturated carbocycles. The molecule has 0 N–H and O–H groups in total. The molecule has 2 saturated heterocycles. The summed E-state index contributed by atoms with van der Waals surface area (Å²) in [7, 11) is 0. The number of hydrogen-bond acceptors (Lipinski definition) is 6. The molecule has 0 radical (unpaired) electrons. The maximum Gasteiger partial charge on any atom is 0.243 e. The Hall–Kier alpha value is -1.47. The fourth-order valence-corrected chi connectivity index (χ4v) is 3.52. The van der Waals surface area contributed by atoms with Crippen LogP contribution < -0.4 is 0 Å². The standard InChI is InChI=1S/C17H28N4O3/c1-3-5-15-18-16(24-19-15)13(2)21-7-4-6-14(12-21)17(22)20-8-10-23-11-9-20/h13-14H,3-12H2,1-2H3/t13-,14-/m0/s1. The number of amides is 1. The lowest BCUT2D eigenvalue weighted by Gasteiger charge is -2.37. The molecule has 0 spiro atoms. The molecule has 1 aromatic rings. The first-order valence-electron chi connectivity index (χ1n) is 9.12. The van der Waals surface area contributed by atoms with Gasteiger partial charge in [-0.25, -0.2) is 0 Å². The van der Waals surface area contributed by atoms with Gasteiger partial charge in [0.1, 0.15) is 0 Å². The van der Waals surface area contributed by atoms with Crippen LogP contribution in [0.1, 0.15) is 50.9 Å². The van der Waals surface area contributed by atoms with Crippen molar-refractivity contribution in [3.05, 3.63) is 11.7 Å². The fraction of sp³-hybridized carbons (Fsp3) is 0.824. The first-order chi connectivity index (χ1) is 11.7. The molecular formula is C17H28N4O3. The molecule has 2 fully saturated rings. The monoisotopic (exact) mass is 336 g/mol. The van der Waals surface area contributed by atoms with Crippen molar-refractivity contribution in [1.82, 2.24) is 19.9 Å². The van der Waals surface area contributed by atoms with Crippen molar-refractivity contribution < 1.29 is 14.1 Å². The minimum atomic E-state index is 0.0587. The number of aromatic nitrogens is 2. The van der Waals surface area contributed by atoms with Gasteiger partial charge in [-0.1, -0.05) is 12.1 Å². The Morgan fingerprint density at radius 1 is 1.33 bits per heavy atom. The first kappa shape index (κ1) is 17.4. The van der Waals surface area contributed by atoms with Crippen LogP contribution in [0.4, 0.5) is 0 Å². The van der Waals surface area contributed by atoms with E-state index in [4.69, 9.17) is 9.26 Å². The molecule has 24 heavy (non-hydrogen) atoms. The van der Waals surface area contributed by atoms with Crippen molar-refractivity contribution in [1.29, 1.82) is 0 Å². The van der Waals surface area contributed by atoms with Crippen molar-refractivity contribution in [2.45, 2.75) is 45.6 Å². The zero-order valence-electron chi connectivity index (χ0n) is 14.7. The summed E-state index contributed by atoms with van der Waals surface area (Å²) in [6, 6.07) is 0.0587. The Bertz CT molecular complexity index is 542. The topological polar surface area (TPSA) is 71.7 Å². The lowest BCUT2D eigenvalue weighted by atomic mass is 9.95. The number of likely N-dealkylation sites (tertiary alicyclic amines) is 1. The summed E-state index contributed by atoms with van der Waals surface area (Å²) in [5.41, 5.74) is 0. The molecule has 0 aromatic carbocycles. The van der Waals surface area contributed by atoms with Crippen LogP contribution in [0.2, 0.25) is 0 Å². The molecule has 7 heteroatoms. The van der Waals surface area contributed by atoms with Crippen molar-refractivity contribution >= 4 is 5.91 Å². The van der Waals surface area contributed by atoms with Gasteiger partial charge in [-0.3, -0.25) is 9.69 Å². The number of morpholine rings is 1. The van der Waals surface area contributed by atoms with Crippen LogP contribution in [0.25, 0.3) is 0 Å². The Kier molecular flexibility index (Phi) is 5.84. The molecule has 2 aliphatic rings. The van der Waals surface area contributed by atoms with Gasteiger partial charge in [0, 0.05) is 26.1 Å². The van der Waals surface area contributed by atoms with E-state index >= 15 is 0 Å². The van der Waals surface area contributed by atoms with E-state index in [9.17, 15) is 4.79 Å². The molecule has 134 valence electrons. The van der Waals surface area contributed by atoms with Gasteiger partial charge in [0.05, 0.1) is 25.2 Å². The fourth-order valence-electron chi connectivity index (χ4n) is 3.52. The molecule has 3 heterocycles.